The van der Waals surface area contributed by atoms with Crippen molar-refractivity contribution in [2.24, 2.45) is 0 Å². The van der Waals surface area contributed by atoms with Crippen molar-refractivity contribution in [3.05, 3.63) is 11.3 Å². The third kappa shape index (κ3) is 1.93. The molecule has 0 amide bonds. The highest BCUT2D eigenvalue weighted by Crippen LogP contribution is 2.18. The Morgan fingerprint density at radius 1 is 1.38 bits per heavy atom. The Morgan fingerprint density at radius 3 is 2.46 bits per heavy atom. The molecule has 0 fully saturated rings. The number of Topliss-reactive ketones (excluding diaryl/α,β-unsaturated/α-hetero) is 1. The van der Waals surface area contributed by atoms with E-state index in [4.69, 9.17) is 4.74 Å². The van der Waals surface area contributed by atoms with Crippen molar-refractivity contribution in [1.29, 1.82) is 0 Å². The van der Waals surface area contributed by atoms with Crippen LogP contribution in [0, 0.1) is 6.92 Å². The maximum atomic E-state index is 11.1. The van der Waals surface area contributed by atoms with Crippen molar-refractivity contribution >= 4 is 11.8 Å². The number of carbonyl (C=O) groups excluding carboxylic acids is 2. The Labute approximate surface area is 75.1 Å². The largest absolute Gasteiger partial charge is 0.405 e. The zero-order valence-corrected chi connectivity index (χ0v) is 7.67. The lowest BCUT2D eigenvalue weighted by Crippen LogP contribution is -2.05. The van der Waals surface area contributed by atoms with Crippen LogP contribution in [0.2, 0.25) is 0 Å². The maximum absolute atomic E-state index is 11.1. The van der Waals surface area contributed by atoms with Gasteiger partial charge in [0.1, 0.15) is 5.56 Å². The van der Waals surface area contributed by atoms with Gasteiger partial charge in [0, 0.05) is 12.6 Å². The number of carbonyl (C=O) groups is 2. The summed E-state index contributed by atoms with van der Waals surface area (Å²) in [6, 6.07) is 0. The monoisotopic (exact) mass is 182 g/mol. The molecule has 0 spiro atoms. The number of aromatic amines is 1. The SMILES string of the molecule is CC(=O)Oc1n[nH]c(C)c1C(C)=O. The second-order valence-electron chi connectivity index (χ2n) is 2.68. The smallest absolute Gasteiger partial charge is 0.309 e. The van der Waals surface area contributed by atoms with E-state index in [0.29, 0.717) is 11.3 Å². The molecule has 0 radical (unpaired) electrons. The molecule has 0 aliphatic carbocycles. The molecular weight excluding hydrogens is 172 g/mol. The van der Waals surface area contributed by atoms with Gasteiger partial charge in [0.2, 0.25) is 0 Å². The molecule has 0 aromatic carbocycles. The number of ether oxygens (including phenoxy) is 1. The minimum absolute atomic E-state index is 0.0532. The molecular formula is C8H10N2O3. The standard InChI is InChI=1S/C8H10N2O3/c1-4-7(5(2)11)8(10-9-4)13-6(3)12/h1-3H3,(H,9,10). The highest BCUT2D eigenvalue weighted by Gasteiger charge is 2.16. The first-order valence-electron chi connectivity index (χ1n) is 3.76. The topological polar surface area (TPSA) is 72.0 Å². The molecule has 5 nitrogen and oxygen atoms in total. The molecule has 13 heavy (non-hydrogen) atoms. The van der Waals surface area contributed by atoms with Crippen LogP contribution in [0.3, 0.4) is 0 Å². The molecule has 1 heterocycles. The van der Waals surface area contributed by atoms with E-state index >= 15 is 0 Å². The predicted octanol–water partition coefficient (Wildman–Crippen LogP) is 0.846. The zero-order valence-electron chi connectivity index (χ0n) is 7.67. The van der Waals surface area contributed by atoms with Crippen LogP contribution in [0.5, 0.6) is 5.88 Å². The summed E-state index contributed by atoms with van der Waals surface area (Å²) < 4.78 is 4.73. The zero-order chi connectivity index (χ0) is 10.0. The Balaban J connectivity index is 3.07. The van der Waals surface area contributed by atoms with Gasteiger partial charge in [-0.05, 0) is 13.8 Å². The first-order chi connectivity index (χ1) is 6.02. The summed E-state index contributed by atoms with van der Waals surface area (Å²) in [4.78, 5) is 21.7. The van der Waals surface area contributed by atoms with Gasteiger partial charge >= 0.3 is 5.97 Å². The molecule has 1 aromatic rings. The van der Waals surface area contributed by atoms with Gasteiger partial charge in [0.25, 0.3) is 5.88 Å². The lowest BCUT2D eigenvalue weighted by atomic mass is 10.2. The van der Waals surface area contributed by atoms with E-state index in [1.807, 2.05) is 0 Å². The number of ketones is 1. The number of esters is 1. The van der Waals surface area contributed by atoms with E-state index in [-0.39, 0.29) is 11.7 Å². The summed E-state index contributed by atoms with van der Waals surface area (Å²) in [5, 5.41) is 6.26. The van der Waals surface area contributed by atoms with Crippen molar-refractivity contribution in [2.45, 2.75) is 20.8 Å². The second-order valence-corrected chi connectivity index (χ2v) is 2.68. The Hall–Kier alpha value is -1.65. The number of H-pyrrole nitrogens is 1. The quantitative estimate of drug-likeness (QED) is 0.543. The molecule has 0 saturated carbocycles. The number of hydrogen-bond acceptors (Lipinski definition) is 4. The average molecular weight is 182 g/mol. The Kier molecular flexibility index (Phi) is 2.46. The Bertz CT molecular complexity index is 354. The number of aryl methyl sites for hydroxylation is 1. The number of aromatic nitrogens is 2. The average Bonchev–Trinajstić information content (AvgIpc) is 2.30. The molecule has 0 bridgehead atoms. The molecule has 70 valence electrons. The van der Waals surface area contributed by atoms with Gasteiger partial charge < -0.3 is 4.74 Å². The van der Waals surface area contributed by atoms with Crippen molar-refractivity contribution < 1.29 is 14.3 Å². The fourth-order valence-electron chi connectivity index (χ4n) is 1.03. The molecule has 5 heteroatoms. The van der Waals surface area contributed by atoms with Crippen LogP contribution >= 0.6 is 0 Å². The van der Waals surface area contributed by atoms with Crippen LogP contribution in [0.15, 0.2) is 0 Å². The van der Waals surface area contributed by atoms with Crippen molar-refractivity contribution in [1.82, 2.24) is 10.2 Å². The van der Waals surface area contributed by atoms with Crippen LogP contribution in [-0.2, 0) is 4.79 Å². The van der Waals surface area contributed by atoms with E-state index in [0.717, 1.165) is 0 Å². The molecule has 0 saturated heterocycles. The summed E-state index contributed by atoms with van der Waals surface area (Å²) in [7, 11) is 0. The lowest BCUT2D eigenvalue weighted by Gasteiger charge is -1.97. The minimum atomic E-state index is -0.492. The highest BCUT2D eigenvalue weighted by atomic mass is 16.5. The maximum Gasteiger partial charge on any atom is 0.309 e. The Morgan fingerprint density at radius 2 is 2.00 bits per heavy atom. The highest BCUT2D eigenvalue weighted by molar-refractivity contribution is 5.97. The fourth-order valence-corrected chi connectivity index (χ4v) is 1.03. The van der Waals surface area contributed by atoms with Gasteiger partial charge in [-0.1, -0.05) is 0 Å². The summed E-state index contributed by atoms with van der Waals surface area (Å²) in [5.41, 5.74) is 0.930. The van der Waals surface area contributed by atoms with Crippen LogP contribution in [-0.4, -0.2) is 21.9 Å². The molecule has 0 atom stereocenters. The fraction of sp³-hybridized carbons (Fsp3) is 0.375. The third-order valence-corrected chi connectivity index (χ3v) is 1.51. The number of nitrogens with one attached hydrogen (secondary N) is 1. The molecule has 0 aliphatic heterocycles. The molecule has 1 N–H and O–H groups in total. The van der Waals surface area contributed by atoms with Crippen LogP contribution < -0.4 is 4.74 Å². The lowest BCUT2D eigenvalue weighted by molar-refractivity contribution is -0.132. The van der Waals surface area contributed by atoms with Crippen LogP contribution in [0.25, 0.3) is 0 Å². The first-order valence-corrected chi connectivity index (χ1v) is 3.76. The van der Waals surface area contributed by atoms with E-state index < -0.39 is 5.97 Å². The van der Waals surface area contributed by atoms with Gasteiger partial charge in [0.15, 0.2) is 5.78 Å². The normalized spacial score (nSPS) is 9.77. The minimum Gasteiger partial charge on any atom is -0.405 e. The van der Waals surface area contributed by atoms with Gasteiger partial charge in [0.05, 0.1) is 0 Å². The summed E-state index contributed by atoms with van der Waals surface area (Å²) >= 11 is 0. The first kappa shape index (κ1) is 9.44. The van der Waals surface area contributed by atoms with E-state index in [2.05, 4.69) is 10.2 Å². The molecule has 1 aromatic heterocycles. The van der Waals surface area contributed by atoms with E-state index in [1.165, 1.54) is 13.8 Å². The van der Waals surface area contributed by atoms with Gasteiger partial charge in [-0.3, -0.25) is 14.7 Å². The number of hydrogen-bond donors (Lipinski definition) is 1. The summed E-state index contributed by atoms with van der Waals surface area (Å²) in [5.74, 6) is -0.617. The van der Waals surface area contributed by atoms with Crippen molar-refractivity contribution in [2.75, 3.05) is 0 Å². The van der Waals surface area contributed by atoms with Crippen LogP contribution in [0.4, 0.5) is 0 Å². The van der Waals surface area contributed by atoms with E-state index in [1.54, 1.807) is 6.92 Å². The van der Waals surface area contributed by atoms with Gasteiger partial charge in [-0.25, -0.2) is 0 Å². The molecule has 0 unspecified atom stereocenters. The second kappa shape index (κ2) is 3.38. The van der Waals surface area contributed by atoms with E-state index in [9.17, 15) is 9.59 Å². The number of nitrogens with zero attached hydrogens (tertiary/aromatic N) is 1. The van der Waals surface area contributed by atoms with Crippen LogP contribution in [0.1, 0.15) is 29.9 Å². The van der Waals surface area contributed by atoms with Gasteiger partial charge in [-0.2, -0.15) is 0 Å². The molecule has 0 aliphatic rings. The summed E-state index contributed by atoms with van der Waals surface area (Å²) in [6.07, 6.45) is 0. The number of rotatable bonds is 2. The predicted molar refractivity (Wildman–Crippen MR) is 44.6 cm³/mol. The summed E-state index contributed by atoms with van der Waals surface area (Å²) in [6.45, 7) is 4.34. The van der Waals surface area contributed by atoms with Crippen molar-refractivity contribution in [3.63, 3.8) is 0 Å². The van der Waals surface area contributed by atoms with Crippen molar-refractivity contribution in [3.8, 4) is 5.88 Å². The van der Waals surface area contributed by atoms with Gasteiger partial charge in [-0.15, -0.1) is 5.10 Å². The third-order valence-electron chi connectivity index (χ3n) is 1.51. The molecule has 1 rings (SSSR count).